The second-order valence-electron chi connectivity index (χ2n) is 5.84. The molecule has 3 rings (SSSR count). The van der Waals surface area contributed by atoms with Gasteiger partial charge in [-0.1, -0.05) is 65.4 Å². The molecular weight excluding hydrogens is 300 g/mol. The largest absolute Gasteiger partial charge is 0.347 e. The van der Waals surface area contributed by atoms with Crippen molar-refractivity contribution in [1.29, 1.82) is 0 Å². The molecule has 5 nitrogen and oxygen atoms in total. The van der Waals surface area contributed by atoms with E-state index in [-0.39, 0.29) is 5.91 Å². The molecular formula is C19H20N4O. The lowest BCUT2D eigenvalue weighted by atomic mass is 10.1. The molecule has 1 heterocycles. The van der Waals surface area contributed by atoms with Crippen molar-refractivity contribution in [1.82, 2.24) is 20.3 Å². The number of benzene rings is 2. The molecule has 0 spiro atoms. The van der Waals surface area contributed by atoms with Gasteiger partial charge in [0.1, 0.15) is 0 Å². The Balaban J connectivity index is 1.67. The van der Waals surface area contributed by atoms with Crippen LogP contribution in [0.2, 0.25) is 0 Å². The van der Waals surface area contributed by atoms with Gasteiger partial charge in [0.05, 0.1) is 12.2 Å². The minimum atomic E-state index is -0.201. The van der Waals surface area contributed by atoms with Crippen molar-refractivity contribution in [2.24, 2.45) is 0 Å². The first-order valence-electron chi connectivity index (χ1n) is 7.91. The Morgan fingerprint density at radius 2 is 1.79 bits per heavy atom. The van der Waals surface area contributed by atoms with E-state index in [4.69, 9.17) is 0 Å². The lowest BCUT2D eigenvalue weighted by Gasteiger charge is -2.06. The molecule has 0 radical (unpaired) electrons. The highest BCUT2D eigenvalue weighted by Gasteiger charge is 2.16. The van der Waals surface area contributed by atoms with Gasteiger partial charge in [-0.05, 0) is 25.0 Å². The number of aromatic nitrogens is 3. The van der Waals surface area contributed by atoms with Gasteiger partial charge in [-0.15, -0.1) is 5.10 Å². The van der Waals surface area contributed by atoms with Gasteiger partial charge in [-0.25, -0.2) is 4.68 Å². The van der Waals surface area contributed by atoms with Crippen LogP contribution in [-0.2, 0) is 13.1 Å². The monoisotopic (exact) mass is 320 g/mol. The highest BCUT2D eigenvalue weighted by molar-refractivity contribution is 5.93. The minimum absolute atomic E-state index is 0.201. The Hall–Kier alpha value is -2.95. The molecule has 0 aliphatic heterocycles. The summed E-state index contributed by atoms with van der Waals surface area (Å²) in [6.45, 7) is 4.98. The van der Waals surface area contributed by atoms with Crippen molar-refractivity contribution in [3.05, 3.63) is 82.7 Å². The van der Waals surface area contributed by atoms with Gasteiger partial charge in [0.25, 0.3) is 5.91 Å². The Morgan fingerprint density at radius 3 is 2.54 bits per heavy atom. The number of hydrogen-bond donors (Lipinski definition) is 1. The van der Waals surface area contributed by atoms with Gasteiger partial charge in [0.15, 0.2) is 5.69 Å². The van der Waals surface area contributed by atoms with Crippen LogP contribution in [0.3, 0.4) is 0 Å². The Kier molecular flexibility index (Phi) is 4.70. The summed E-state index contributed by atoms with van der Waals surface area (Å²) >= 11 is 0. The van der Waals surface area contributed by atoms with Crippen LogP contribution in [0.5, 0.6) is 0 Å². The summed E-state index contributed by atoms with van der Waals surface area (Å²) in [5, 5.41) is 11.1. The summed E-state index contributed by atoms with van der Waals surface area (Å²) < 4.78 is 1.75. The predicted octanol–water partition coefficient (Wildman–Crippen LogP) is 2.87. The molecule has 0 aliphatic carbocycles. The molecule has 5 heteroatoms. The van der Waals surface area contributed by atoms with Crippen molar-refractivity contribution in [2.45, 2.75) is 26.9 Å². The summed E-state index contributed by atoms with van der Waals surface area (Å²) in [5.74, 6) is -0.201. The van der Waals surface area contributed by atoms with E-state index in [1.807, 2.05) is 62.4 Å². The summed E-state index contributed by atoms with van der Waals surface area (Å²) in [6, 6.07) is 18.1. The van der Waals surface area contributed by atoms with Crippen LogP contribution in [0.4, 0.5) is 0 Å². The molecule has 3 aromatic rings. The third kappa shape index (κ3) is 3.68. The second kappa shape index (κ2) is 7.08. The number of carbonyl (C=O) groups is 1. The fraction of sp³-hybridized carbons (Fsp3) is 0.211. The molecule has 0 fully saturated rings. The topological polar surface area (TPSA) is 59.8 Å². The molecule has 24 heavy (non-hydrogen) atoms. The van der Waals surface area contributed by atoms with E-state index in [0.29, 0.717) is 18.8 Å². The summed E-state index contributed by atoms with van der Waals surface area (Å²) in [4.78, 5) is 12.4. The maximum Gasteiger partial charge on any atom is 0.274 e. The molecule has 0 atom stereocenters. The van der Waals surface area contributed by atoms with Crippen LogP contribution in [0, 0.1) is 13.8 Å². The van der Waals surface area contributed by atoms with E-state index in [9.17, 15) is 4.79 Å². The molecule has 1 N–H and O–H groups in total. The Morgan fingerprint density at radius 1 is 1.04 bits per heavy atom. The molecule has 0 aliphatic rings. The maximum atomic E-state index is 12.4. The first-order chi connectivity index (χ1) is 11.6. The van der Waals surface area contributed by atoms with Crippen LogP contribution in [0.25, 0.3) is 0 Å². The van der Waals surface area contributed by atoms with E-state index in [2.05, 4.69) is 21.7 Å². The quantitative estimate of drug-likeness (QED) is 0.786. The second-order valence-corrected chi connectivity index (χ2v) is 5.84. The van der Waals surface area contributed by atoms with Crippen molar-refractivity contribution in [3.63, 3.8) is 0 Å². The number of aryl methyl sites for hydroxylation is 1. The van der Waals surface area contributed by atoms with E-state index in [1.54, 1.807) is 4.68 Å². The van der Waals surface area contributed by atoms with E-state index in [1.165, 1.54) is 5.56 Å². The molecule has 1 amide bonds. The van der Waals surface area contributed by atoms with E-state index in [0.717, 1.165) is 16.8 Å². The zero-order chi connectivity index (χ0) is 16.9. The van der Waals surface area contributed by atoms with Crippen LogP contribution in [-0.4, -0.2) is 20.9 Å². The van der Waals surface area contributed by atoms with E-state index < -0.39 is 0 Å². The number of nitrogens with zero attached hydrogens (tertiary/aromatic N) is 3. The number of nitrogens with one attached hydrogen (secondary N) is 1. The van der Waals surface area contributed by atoms with Gasteiger partial charge in [-0.2, -0.15) is 0 Å². The van der Waals surface area contributed by atoms with Crippen molar-refractivity contribution < 1.29 is 4.79 Å². The summed E-state index contributed by atoms with van der Waals surface area (Å²) in [6.07, 6.45) is 0. The lowest BCUT2D eigenvalue weighted by molar-refractivity contribution is 0.0945. The highest BCUT2D eigenvalue weighted by atomic mass is 16.2. The molecule has 1 aromatic heterocycles. The minimum Gasteiger partial charge on any atom is -0.347 e. The zero-order valence-electron chi connectivity index (χ0n) is 13.9. The molecule has 0 saturated heterocycles. The normalized spacial score (nSPS) is 10.6. The van der Waals surface area contributed by atoms with Gasteiger partial charge in [0.2, 0.25) is 0 Å². The number of hydrogen-bond acceptors (Lipinski definition) is 3. The van der Waals surface area contributed by atoms with Gasteiger partial charge >= 0.3 is 0 Å². The van der Waals surface area contributed by atoms with Gasteiger partial charge in [-0.3, -0.25) is 4.79 Å². The summed E-state index contributed by atoms with van der Waals surface area (Å²) in [5.41, 5.74) is 4.50. The van der Waals surface area contributed by atoms with Crippen LogP contribution in [0.15, 0.2) is 54.6 Å². The zero-order valence-corrected chi connectivity index (χ0v) is 13.9. The average molecular weight is 320 g/mol. The maximum absolute atomic E-state index is 12.4. The highest BCUT2D eigenvalue weighted by Crippen LogP contribution is 2.09. The molecule has 0 saturated carbocycles. The molecule has 2 aromatic carbocycles. The number of rotatable bonds is 5. The first-order valence-corrected chi connectivity index (χ1v) is 7.91. The van der Waals surface area contributed by atoms with Gasteiger partial charge < -0.3 is 5.32 Å². The SMILES string of the molecule is Cc1cccc(CNC(=O)c2nnn(Cc3ccccc3)c2C)c1. The lowest BCUT2D eigenvalue weighted by Crippen LogP contribution is -2.24. The predicted molar refractivity (Wildman–Crippen MR) is 92.7 cm³/mol. The Bertz CT molecular complexity index is 840. The summed E-state index contributed by atoms with van der Waals surface area (Å²) in [7, 11) is 0. The van der Waals surface area contributed by atoms with Gasteiger partial charge in [0, 0.05) is 6.54 Å². The van der Waals surface area contributed by atoms with E-state index >= 15 is 0 Å². The van der Waals surface area contributed by atoms with Crippen molar-refractivity contribution in [3.8, 4) is 0 Å². The van der Waals surface area contributed by atoms with Crippen LogP contribution >= 0.6 is 0 Å². The smallest absolute Gasteiger partial charge is 0.274 e. The fourth-order valence-corrected chi connectivity index (χ4v) is 2.56. The average Bonchev–Trinajstić information content (AvgIpc) is 2.95. The fourth-order valence-electron chi connectivity index (χ4n) is 2.56. The third-order valence-electron chi connectivity index (χ3n) is 3.91. The molecule has 0 unspecified atom stereocenters. The van der Waals surface area contributed by atoms with Crippen LogP contribution < -0.4 is 5.32 Å². The van der Waals surface area contributed by atoms with Crippen LogP contribution in [0.1, 0.15) is 32.9 Å². The number of carbonyl (C=O) groups excluding carboxylic acids is 1. The standard InChI is InChI=1S/C19H20N4O/c1-14-7-6-10-17(11-14)12-20-19(24)18-15(2)23(22-21-18)13-16-8-4-3-5-9-16/h3-11H,12-13H2,1-2H3,(H,20,24). The first kappa shape index (κ1) is 15.9. The molecule has 122 valence electrons. The Labute approximate surface area is 141 Å². The number of amides is 1. The third-order valence-corrected chi connectivity index (χ3v) is 3.91. The van der Waals surface area contributed by atoms with Crippen molar-refractivity contribution in [2.75, 3.05) is 0 Å². The van der Waals surface area contributed by atoms with Crippen molar-refractivity contribution >= 4 is 5.91 Å². The molecule has 0 bridgehead atoms.